The lowest BCUT2D eigenvalue weighted by Gasteiger charge is -2.33. The summed E-state index contributed by atoms with van der Waals surface area (Å²) in [5.41, 5.74) is 0. The van der Waals surface area contributed by atoms with Gasteiger partial charge in [-0.05, 0) is 25.7 Å². The number of amidine groups is 1. The number of nitrogens with zero attached hydrogens (tertiary/aromatic N) is 3. The van der Waals surface area contributed by atoms with Crippen molar-refractivity contribution in [2.24, 2.45) is 5.92 Å². The molecule has 0 unspecified atom stereocenters. The van der Waals surface area contributed by atoms with E-state index in [1.807, 2.05) is 0 Å². The van der Waals surface area contributed by atoms with Crippen LogP contribution in [0.25, 0.3) is 0 Å². The summed E-state index contributed by atoms with van der Waals surface area (Å²) in [6.45, 7) is 2.46. The standard InChI is InChI=1S/C15H23N5O7S/c1-9(21)18-6-2-3-10(7-18)14(22)17-13(16)12-5-4-11-8-19(12)15(23)20(11)27-28(24,25)26/h10-12H,2-8H2,1H3,(H2,16,17,22)(H,24,25,26)/t10-,11-,12+/m1/s1. The Labute approximate surface area is 162 Å². The van der Waals surface area contributed by atoms with E-state index in [0.29, 0.717) is 43.8 Å². The summed E-state index contributed by atoms with van der Waals surface area (Å²) in [4.78, 5) is 39.3. The van der Waals surface area contributed by atoms with Gasteiger partial charge in [0.15, 0.2) is 0 Å². The van der Waals surface area contributed by atoms with Gasteiger partial charge in [-0.3, -0.25) is 19.6 Å². The molecule has 13 heteroatoms. The summed E-state index contributed by atoms with van der Waals surface area (Å²) in [5, 5.41) is 11.3. The predicted molar refractivity (Wildman–Crippen MR) is 94.2 cm³/mol. The van der Waals surface area contributed by atoms with Crippen LogP contribution < -0.4 is 5.32 Å². The first-order valence-electron chi connectivity index (χ1n) is 8.98. The highest BCUT2D eigenvalue weighted by Crippen LogP contribution is 2.31. The van der Waals surface area contributed by atoms with Crippen molar-refractivity contribution >= 4 is 34.1 Å². The van der Waals surface area contributed by atoms with Gasteiger partial charge < -0.3 is 15.1 Å². The molecule has 3 rings (SSSR count). The first kappa shape index (κ1) is 20.5. The Hall–Kier alpha value is -2.25. The average Bonchev–Trinajstić information content (AvgIpc) is 2.85. The average molecular weight is 417 g/mol. The number of fused-ring (bicyclic) bond motifs is 2. The number of carbonyl (C=O) groups is 3. The van der Waals surface area contributed by atoms with E-state index in [-0.39, 0.29) is 24.2 Å². The van der Waals surface area contributed by atoms with Gasteiger partial charge in [0, 0.05) is 26.6 Å². The number of amides is 4. The molecule has 28 heavy (non-hydrogen) atoms. The van der Waals surface area contributed by atoms with Gasteiger partial charge in [-0.2, -0.15) is 13.5 Å². The molecule has 0 aromatic carbocycles. The van der Waals surface area contributed by atoms with Gasteiger partial charge >= 0.3 is 16.4 Å². The number of piperidine rings is 2. The minimum Gasteiger partial charge on any atom is -0.342 e. The van der Waals surface area contributed by atoms with Crippen LogP contribution in [0.3, 0.4) is 0 Å². The van der Waals surface area contributed by atoms with Crippen molar-refractivity contribution in [2.75, 3.05) is 19.6 Å². The molecule has 4 amide bonds. The third kappa shape index (κ3) is 4.25. The number of nitrogens with one attached hydrogen (secondary N) is 2. The first-order valence-corrected chi connectivity index (χ1v) is 10.3. The largest absolute Gasteiger partial charge is 0.418 e. The molecule has 0 aliphatic carbocycles. The maximum atomic E-state index is 12.5. The van der Waals surface area contributed by atoms with E-state index >= 15 is 0 Å². The molecule has 0 aromatic heterocycles. The molecule has 3 heterocycles. The zero-order valence-corrected chi connectivity index (χ0v) is 16.1. The lowest BCUT2D eigenvalue weighted by Crippen LogP contribution is -2.53. The second kappa shape index (κ2) is 7.64. The van der Waals surface area contributed by atoms with Gasteiger partial charge in [0.1, 0.15) is 5.84 Å². The number of hydrogen-bond acceptors (Lipinski definition) is 7. The lowest BCUT2D eigenvalue weighted by atomic mass is 9.96. The first-order chi connectivity index (χ1) is 13.1. The Bertz CT molecular complexity index is 801. The molecule has 3 N–H and O–H groups in total. The number of carbonyl (C=O) groups excluding carboxylic acids is 3. The molecule has 3 aliphatic heterocycles. The van der Waals surface area contributed by atoms with E-state index in [1.54, 1.807) is 4.90 Å². The summed E-state index contributed by atoms with van der Waals surface area (Å²) in [5.74, 6) is -1.07. The van der Waals surface area contributed by atoms with E-state index in [1.165, 1.54) is 11.8 Å². The van der Waals surface area contributed by atoms with E-state index in [4.69, 9.17) is 9.96 Å². The topological polar surface area (TPSA) is 160 Å². The molecule has 0 aromatic rings. The van der Waals surface area contributed by atoms with Crippen molar-refractivity contribution in [3.63, 3.8) is 0 Å². The fourth-order valence-electron chi connectivity index (χ4n) is 3.93. The van der Waals surface area contributed by atoms with Crippen LogP contribution in [0, 0.1) is 11.3 Å². The van der Waals surface area contributed by atoms with Gasteiger partial charge in [0.05, 0.1) is 18.0 Å². The van der Waals surface area contributed by atoms with Crippen molar-refractivity contribution < 1.29 is 31.6 Å². The molecular weight excluding hydrogens is 394 g/mol. The van der Waals surface area contributed by atoms with Gasteiger partial charge in [0.25, 0.3) is 0 Å². The van der Waals surface area contributed by atoms with E-state index in [0.717, 1.165) is 0 Å². The van der Waals surface area contributed by atoms with Crippen LogP contribution in [-0.4, -0.2) is 83.2 Å². The molecule has 0 saturated carbocycles. The molecule has 2 bridgehead atoms. The molecule has 12 nitrogen and oxygen atoms in total. The van der Waals surface area contributed by atoms with E-state index in [9.17, 15) is 22.8 Å². The highest BCUT2D eigenvalue weighted by molar-refractivity contribution is 7.80. The Morgan fingerprint density at radius 1 is 1.25 bits per heavy atom. The number of hydrogen-bond donors (Lipinski definition) is 3. The van der Waals surface area contributed by atoms with Crippen molar-refractivity contribution in [2.45, 2.75) is 44.7 Å². The Morgan fingerprint density at radius 3 is 2.61 bits per heavy atom. The minimum atomic E-state index is -4.84. The highest BCUT2D eigenvalue weighted by Gasteiger charge is 2.48. The predicted octanol–water partition coefficient (Wildman–Crippen LogP) is -0.659. The van der Waals surface area contributed by atoms with Gasteiger partial charge in [0.2, 0.25) is 11.8 Å². The van der Waals surface area contributed by atoms with Crippen LogP contribution >= 0.6 is 0 Å². The molecule has 0 radical (unpaired) electrons. The molecule has 3 aliphatic rings. The maximum absolute atomic E-state index is 12.5. The van der Waals surface area contributed by atoms with Crippen molar-refractivity contribution in [1.82, 2.24) is 20.2 Å². The van der Waals surface area contributed by atoms with Crippen LogP contribution in [0.2, 0.25) is 0 Å². The van der Waals surface area contributed by atoms with Crippen molar-refractivity contribution in [3.05, 3.63) is 0 Å². The van der Waals surface area contributed by atoms with Gasteiger partial charge in [-0.25, -0.2) is 4.79 Å². The molecular formula is C15H23N5O7S. The maximum Gasteiger partial charge on any atom is 0.418 e. The smallest absolute Gasteiger partial charge is 0.342 e. The van der Waals surface area contributed by atoms with Gasteiger partial charge in [-0.15, -0.1) is 4.28 Å². The second-order valence-corrected chi connectivity index (χ2v) is 8.22. The van der Waals surface area contributed by atoms with Crippen LogP contribution in [-0.2, 0) is 24.3 Å². The third-order valence-corrected chi connectivity index (χ3v) is 5.67. The van der Waals surface area contributed by atoms with E-state index < -0.39 is 34.4 Å². The molecule has 3 saturated heterocycles. The molecule has 0 spiro atoms. The molecule has 3 atom stereocenters. The Kier molecular flexibility index (Phi) is 5.59. The number of likely N-dealkylation sites (tertiary alicyclic amines) is 1. The van der Waals surface area contributed by atoms with Gasteiger partial charge in [-0.1, -0.05) is 0 Å². The summed E-state index contributed by atoms with van der Waals surface area (Å²) < 4.78 is 35.0. The van der Waals surface area contributed by atoms with Crippen LogP contribution in [0.5, 0.6) is 0 Å². The number of rotatable bonds is 4. The Morgan fingerprint density at radius 2 is 1.96 bits per heavy atom. The SMILES string of the molecule is CC(=O)N1CCC[C@@H](C(=O)NC(=N)[C@@H]2CC[C@@H]3CN2C(=O)N3OS(=O)(=O)O)C1. The van der Waals surface area contributed by atoms with Crippen LogP contribution in [0.4, 0.5) is 4.79 Å². The summed E-state index contributed by atoms with van der Waals surface area (Å²) in [6.07, 6.45) is 1.99. The number of urea groups is 1. The summed E-state index contributed by atoms with van der Waals surface area (Å²) in [6, 6.07) is -2.07. The zero-order chi connectivity index (χ0) is 20.6. The van der Waals surface area contributed by atoms with Crippen molar-refractivity contribution in [1.29, 1.82) is 5.41 Å². The van der Waals surface area contributed by atoms with Crippen LogP contribution in [0.1, 0.15) is 32.6 Å². The second-order valence-electron chi connectivity index (χ2n) is 7.22. The number of hydroxylamine groups is 2. The Balaban J connectivity index is 1.62. The summed E-state index contributed by atoms with van der Waals surface area (Å²) in [7, 11) is -4.84. The summed E-state index contributed by atoms with van der Waals surface area (Å²) >= 11 is 0. The highest BCUT2D eigenvalue weighted by atomic mass is 32.3. The molecule has 156 valence electrons. The minimum absolute atomic E-state index is 0.104. The molecule has 3 fully saturated rings. The lowest BCUT2D eigenvalue weighted by molar-refractivity contribution is -0.133. The normalized spacial score (nSPS) is 27.7. The van der Waals surface area contributed by atoms with Crippen LogP contribution in [0.15, 0.2) is 0 Å². The fraction of sp³-hybridized carbons (Fsp3) is 0.733. The third-order valence-electron chi connectivity index (χ3n) is 5.33. The zero-order valence-electron chi connectivity index (χ0n) is 15.3. The quantitative estimate of drug-likeness (QED) is 0.311. The van der Waals surface area contributed by atoms with E-state index in [2.05, 4.69) is 9.60 Å². The fourth-order valence-corrected chi connectivity index (χ4v) is 4.32. The monoisotopic (exact) mass is 417 g/mol. The van der Waals surface area contributed by atoms with Crippen molar-refractivity contribution in [3.8, 4) is 0 Å².